The lowest BCUT2D eigenvalue weighted by Crippen LogP contribution is -2.19. The first-order valence-corrected chi connectivity index (χ1v) is 8.68. The van der Waals surface area contributed by atoms with Crippen molar-refractivity contribution in [3.05, 3.63) is 41.3 Å². The van der Waals surface area contributed by atoms with E-state index in [9.17, 15) is 26.0 Å². The second-order valence-corrected chi connectivity index (χ2v) is 6.91. The van der Waals surface area contributed by atoms with Crippen molar-refractivity contribution in [2.45, 2.75) is 18.3 Å². The zero-order valence-electron chi connectivity index (χ0n) is 13.7. The Morgan fingerprint density at radius 2 is 1.93 bits per heavy atom. The number of hydrogen-bond acceptors (Lipinski definition) is 6. The van der Waals surface area contributed by atoms with Gasteiger partial charge in [0, 0.05) is 11.8 Å². The highest BCUT2D eigenvalue weighted by molar-refractivity contribution is 7.92. The first-order valence-electron chi connectivity index (χ1n) is 7.19. The van der Waals surface area contributed by atoms with Crippen molar-refractivity contribution in [3.8, 4) is 5.88 Å². The van der Waals surface area contributed by atoms with Gasteiger partial charge in [0.25, 0.3) is 21.0 Å². The predicted molar refractivity (Wildman–Crippen MR) is 84.3 cm³/mol. The van der Waals surface area contributed by atoms with E-state index in [-0.39, 0.29) is 11.7 Å². The number of para-hydroxylation sites is 1. The first kappa shape index (κ1) is 18.8. The van der Waals surface area contributed by atoms with Gasteiger partial charge in [0.2, 0.25) is 5.88 Å². The zero-order valence-corrected chi connectivity index (χ0v) is 14.6. The molecule has 2 aromatic heterocycles. The molecule has 3 rings (SSSR count). The number of aryl methyl sites for hydroxylation is 1. The fraction of sp³-hybridized carbons (Fsp3) is 0.214. The molecule has 1 N–H and O–H groups in total. The van der Waals surface area contributed by atoms with E-state index >= 15 is 0 Å². The van der Waals surface area contributed by atoms with Gasteiger partial charge in [-0.05, 0) is 19.1 Å². The van der Waals surface area contributed by atoms with Crippen LogP contribution in [-0.4, -0.2) is 35.1 Å². The van der Waals surface area contributed by atoms with E-state index in [1.54, 1.807) is 11.6 Å². The summed E-state index contributed by atoms with van der Waals surface area (Å²) in [5, 5.41) is 2.80. The number of halogens is 4. The fourth-order valence-electron chi connectivity index (χ4n) is 2.24. The van der Waals surface area contributed by atoms with Gasteiger partial charge in [-0.2, -0.15) is 31.6 Å². The third kappa shape index (κ3) is 3.49. The maximum Gasteiger partial charge on any atom is 0.418 e. The van der Waals surface area contributed by atoms with Crippen LogP contribution in [0.2, 0.25) is 0 Å². The Kier molecular flexibility index (Phi) is 4.41. The molecule has 0 amide bonds. The topological polar surface area (TPSA) is 98.5 Å². The molecule has 0 aliphatic rings. The Morgan fingerprint density at radius 1 is 1.22 bits per heavy atom. The Morgan fingerprint density at radius 3 is 2.56 bits per heavy atom. The fourth-order valence-corrected chi connectivity index (χ4v) is 3.21. The van der Waals surface area contributed by atoms with Gasteiger partial charge in [-0.3, -0.25) is 4.72 Å². The minimum Gasteiger partial charge on any atom is -0.481 e. The van der Waals surface area contributed by atoms with E-state index in [0.717, 1.165) is 10.6 Å². The van der Waals surface area contributed by atoms with Crippen LogP contribution in [0, 0.1) is 12.7 Å². The second kappa shape index (κ2) is 6.33. The first-order chi connectivity index (χ1) is 12.5. The van der Waals surface area contributed by atoms with Gasteiger partial charge in [0.15, 0.2) is 0 Å². The molecule has 0 aliphatic heterocycles. The van der Waals surface area contributed by atoms with Gasteiger partial charge in [-0.15, -0.1) is 5.10 Å². The summed E-state index contributed by atoms with van der Waals surface area (Å²) in [6.45, 7) is 1.62. The number of aromatic nitrogens is 4. The van der Waals surface area contributed by atoms with Gasteiger partial charge in [-0.1, -0.05) is 6.07 Å². The van der Waals surface area contributed by atoms with Crippen LogP contribution in [0.3, 0.4) is 0 Å². The van der Waals surface area contributed by atoms with Crippen molar-refractivity contribution >= 4 is 21.5 Å². The minimum absolute atomic E-state index is 0.164. The van der Waals surface area contributed by atoms with E-state index in [1.165, 1.54) is 13.3 Å². The van der Waals surface area contributed by atoms with E-state index in [0.29, 0.717) is 17.7 Å². The molecular formula is C14H11F4N5O3S. The monoisotopic (exact) mass is 405 g/mol. The Hall–Kier alpha value is -2.96. The van der Waals surface area contributed by atoms with Crippen molar-refractivity contribution in [1.29, 1.82) is 0 Å². The molecule has 0 spiro atoms. The van der Waals surface area contributed by atoms with E-state index < -0.39 is 38.4 Å². The zero-order chi connectivity index (χ0) is 20.0. The molecule has 0 unspecified atom stereocenters. The summed E-state index contributed by atoms with van der Waals surface area (Å²) in [5.74, 6) is -1.39. The lowest BCUT2D eigenvalue weighted by atomic mass is 10.1. The minimum atomic E-state index is -4.97. The van der Waals surface area contributed by atoms with Crippen LogP contribution >= 0.6 is 0 Å². The number of hydrogen-bond donors (Lipinski definition) is 1. The molecule has 3 aromatic rings. The number of nitrogens with zero attached hydrogens (tertiary/aromatic N) is 4. The number of ether oxygens (including phenoxy) is 1. The molecule has 8 nitrogen and oxygen atoms in total. The highest BCUT2D eigenvalue weighted by Gasteiger charge is 2.36. The average molecular weight is 405 g/mol. The number of alkyl halides is 3. The third-order valence-electron chi connectivity index (χ3n) is 3.44. The lowest BCUT2D eigenvalue weighted by Gasteiger charge is -2.14. The van der Waals surface area contributed by atoms with Crippen molar-refractivity contribution in [2.75, 3.05) is 11.8 Å². The van der Waals surface area contributed by atoms with Crippen LogP contribution in [0.4, 0.5) is 23.2 Å². The molecular weight excluding hydrogens is 394 g/mol. The van der Waals surface area contributed by atoms with Gasteiger partial charge >= 0.3 is 6.18 Å². The van der Waals surface area contributed by atoms with Crippen LogP contribution in [0.1, 0.15) is 11.1 Å². The van der Waals surface area contributed by atoms with E-state index in [1.807, 2.05) is 0 Å². The molecule has 144 valence electrons. The quantitative estimate of drug-likeness (QED) is 0.670. The third-order valence-corrected chi connectivity index (χ3v) is 4.56. The predicted octanol–water partition coefficient (Wildman–Crippen LogP) is 2.40. The van der Waals surface area contributed by atoms with Crippen molar-refractivity contribution < 1.29 is 30.7 Å². The summed E-state index contributed by atoms with van der Waals surface area (Å²) in [6, 6.07) is 2.06. The Labute approximate surface area is 149 Å². The number of rotatable bonds is 4. The summed E-state index contributed by atoms with van der Waals surface area (Å²) < 4.78 is 85.4. The van der Waals surface area contributed by atoms with Crippen molar-refractivity contribution in [1.82, 2.24) is 19.6 Å². The molecule has 0 bridgehead atoms. The molecule has 27 heavy (non-hydrogen) atoms. The second-order valence-electron chi connectivity index (χ2n) is 5.34. The lowest BCUT2D eigenvalue weighted by molar-refractivity contribution is -0.137. The molecule has 2 heterocycles. The molecule has 0 fully saturated rings. The molecule has 0 radical (unpaired) electrons. The van der Waals surface area contributed by atoms with Crippen LogP contribution < -0.4 is 9.46 Å². The van der Waals surface area contributed by atoms with Crippen LogP contribution in [-0.2, 0) is 16.2 Å². The normalized spacial score (nSPS) is 12.4. The molecule has 0 saturated heterocycles. The van der Waals surface area contributed by atoms with Gasteiger partial charge in [0.05, 0.1) is 18.4 Å². The standard InChI is InChI=1S/C14H11F4N5O3S/c1-7-6-23-12(19-11(7)26-2)20-13(21-23)27(24,25)22-10-8(14(16,17)18)4-3-5-9(10)15/h3-6,22H,1-2H3. The maximum absolute atomic E-state index is 13.9. The molecule has 13 heteroatoms. The summed E-state index contributed by atoms with van der Waals surface area (Å²) >= 11 is 0. The van der Waals surface area contributed by atoms with Gasteiger partial charge in [-0.25, -0.2) is 8.91 Å². The summed E-state index contributed by atoms with van der Waals surface area (Å²) in [6.07, 6.45) is -3.60. The summed E-state index contributed by atoms with van der Waals surface area (Å²) in [7, 11) is -3.38. The van der Waals surface area contributed by atoms with Crippen LogP contribution in [0.5, 0.6) is 5.88 Å². The Balaban J connectivity index is 2.08. The summed E-state index contributed by atoms with van der Waals surface area (Å²) in [4.78, 5) is 7.59. The number of sulfonamides is 1. The smallest absolute Gasteiger partial charge is 0.418 e. The number of fused-ring (bicyclic) bond motifs is 1. The molecule has 1 aromatic carbocycles. The van der Waals surface area contributed by atoms with Crippen molar-refractivity contribution in [2.24, 2.45) is 0 Å². The Bertz CT molecular complexity index is 1130. The van der Waals surface area contributed by atoms with Crippen LogP contribution in [0.25, 0.3) is 5.78 Å². The van der Waals surface area contributed by atoms with E-state index in [2.05, 4.69) is 15.1 Å². The van der Waals surface area contributed by atoms with E-state index in [4.69, 9.17) is 4.74 Å². The average Bonchev–Trinajstić information content (AvgIpc) is 2.98. The summed E-state index contributed by atoms with van der Waals surface area (Å²) in [5.41, 5.74) is -2.21. The highest BCUT2D eigenvalue weighted by Crippen LogP contribution is 2.36. The largest absolute Gasteiger partial charge is 0.481 e. The SMILES string of the molecule is COc1nc2nc(S(=O)(=O)Nc3c(F)cccc3C(F)(F)F)nn2cc1C. The molecule has 0 aliphatic carbocycles. The molecule has 0 saturated carbocycles. The molecule has 0 atom stereocenters. The van der Waals surface area contributed by atoms with Gasteiger partial charge in [0.1, 0.15) is 5.82 Å². The number of benzene rings is 1. The van der Waals surface area contributed by atoms with Gasteiger partial charge < -0.3 is 4.74 Å². The van der Waals surface area contributed by atoms with Crippen LogP contribution in [0.15, 0.2) is 29.6 Å². The number of methoxy groups -OCH3 is 1. The van der Waals surface area contributed by atoms with Crippen molar-refractivity contribution in [3.63, 3.8) is 0 Å². The maximum atomic E-state index is 13.9. The highest BCUT2D eigenvalue weighted by atomic mass is 32.2. The number of nitrogens with one attached hydrogen (secondary N) is 1. The number of anilines is 1.